The smallest absolute Gasteiger partial charge is 0.308 e. The molecular formula is C12H10O3. The number of ether oxygens (including phenoxy) is 1. The van der Waals surface area contributed by atoms with Gasteiger partial charge in [-0.1, -0.05) is 12.1 Å². The molecule has 0 atom stereocenters. The van der Waals surface area contributed by atoms with Crippen LogP contribution in [-0.2, 0) is 4.79 Å². The second-order valence-electron chi connectivity index (χ2n) is 3.13. The van der Waals surface area contributed by atoms with E-state index in [4.69, 9.17) is 9.15 Å². The van der Waals surface area contributed by atoms with Crippen LogP contribution < -0.4 is 4.74 Å². The fourth-order valence-corrected chi connectivity index (χ4v) is 1.31. The minimum Gasteiger partial charge on any atom is -0.472 e. The zero-order valence-electron chi connectivity index (χ0n) is 8.27. The molecule has 0 fully saturated rings. The van der Waals surface area contributed by atoms with E-state index < -0.39 is 0 Å². The van der Waals surface area contributed by atoms with Crippen LogP contribution >= 0.6 is 0 Å². The lowest BCUT2D eigenvalue weighted by molar-refractivity contribution is -0.131. The fourth-order valence-electron chi connectivity index (χ4n) is 1.31. The minimum absolute atomic E-state index is 0.314. The van der Waals surface area contributed by atoms with Crippen LogP contribution in [0.15, 0.2) is 47.3 Å². The third kappa shape index (κ3) is 2.26. The molecule has 0 bridgehead atoms. The van der Waals surface area contributed by atoms with Gasteiger partial charge in [0.25, 0.3) is 0 Å². The van der Waals surface area contributed by atoms with E-state index in [2.05, 4.69) is 0 Å². The highest BCUT2D eigenvalue weighted by Crippen LogP contribution is 2.22. The first-order valence-electron chi connectivity index (χ1n) is 4.57. The Kier molecular flexibility index (Phi) is 2.54. The van der Waals surface area contributed by atoms with E-state index >= 15 is 0 Å². The maximum Gasteiger partial charge on any atom is 0.308 e. The standard InChI is InChI=1S/C12H10O3/c1-9(13)15-12-4-2-10(3-5-12)11-6-7-14-8-11/h2-8H,1H3. The van der Waals surface area contributed by atoms with Crippen molar-refractivity contribution in [2.45, 2.75) is 6.92 Å². The summed E-state index contributed by atoms with van der Waals surface area (Å²) in [6, 6.07) is 9.14. The molecule has 1 heterocycles. The van der Waals surface area contributed by atoms with E-state index in [1.165, 1.54) is 6.92 Å². The molecule has 0 aliphatic heterocycles. The van der Waals surface area contributed by atoms with Gasteiger partial charge in [-0.15, -0.1) is 0 Å². The van der Waals surface area contributed by atoms with Crippen molar-refractivity contribution >= 4 is 5.97 Å². The number of carbonyl (C=O) groups is 1. The molecule has 0 unspecified atom stereocenters. The van der Waals surface area contributed by atoms with Crippen molar-refractivity contribution in [3.05, 3.63) is 42.9 Å². The molecule has 0 N–H and O–H groups in total. The van der Waals surface area contributed by atoms with E-state index in [0.717, 1.165) is 11.1 Å². The fraction of sp³-hybridized carbons (Fsp3) is 0.0833. The van der Waals surface area contributed by atoms with Gasteiger partial charge in [-0.05, 0) is 23.8 Å². The number of rotatable bonds is 2. The van der Waals surface area contributed by atoms with E-state index in [9.17, 15) is 4.79 Å². The lowest BCUT2D eigenvalue weighted by Gasteiger charge is -2.01. The Balaban J connectivity index is 2.21. The van der Waals surface area contributed by atoms with Crippen LogP contribution in [-0.4, -0.2) is 5.97 Å². The van der Waals surface area contributed by atoms with Gasteiger partial charge in [-0.2, -0.15) is 0 Å². The van der Waals surface area contributed by atoms with Crippen LogP contribution in [0.2, 0.25) is 0 Å². The molecule has 76 valence electrons. The highest BCUT2D eigenvalue weighted by molar-refractivity contribution is 5.70. The summed E-state index contributed by atoms with van der Waals surface area (Å²) in [5.74, 6) is 0.237. The summed E-state index contributed by atoms with van der Waals surface area (Å²) in [5.41, 5.74) is 2.03. The third-order valence-electron chi connectivity index (χ3n) is 1.97. The quantitative estimate of drug-likeness (QED) is 0.555. The molecule has 0 aliphatic rings. The highest BCUT2D eigenvalue weighted by Gasteiger charge is 2.00. The van der Waals surface area contributed by atoms with E-state index in [-0.39, 0.29) is 5.97 Å². The van der Waals surface area contributed by atoms with Gasteiger partial charge in [0.2, 0.25) is 0 Å². The molecule has 2 rings (SSSR count). The highest BCUT2D eigenvalue weighted by atomic mass is 16.5. The Hall–Kier alpha value is -2.03. The van der Waals surface area contributed by atoms with Crippen LogP contribution in [0.3, 0.4) is 0 Å². The van der Waals surface area contributed by atoms with E-state index in [1.54, 1.807) is 24.7 Å². The molecule has 0 radical (unpaired) electrons. The predicted octanol–water partition coefficient (Wildman–Crippen LogP) is 2.87. The van der Waals surface area contributed by atoms with Gasteiger partial charge in [-0.3, -0.25) is 4.79 Å². The average molecular weight is 202 g/mol. The Morgan fingerprint density at radius 1 is 1.13 bits per heavy atom. The lowest BCUT2D eigenvalue weighted by Crippen LogP contribution is -2.00. The molecule has 0 spiro atoms. The van der Waals surface area contributed by atoms with Crippen molar-refractivity contribution < 1.29 is 13.9 Å². The second kappa shape index (κ2) is 4.00. The molecule has 3 nitrogen and oxygen atoms in total. The Morgan fingerprint density at radius 3 is 2.40 bits per heavy atom. The van der Waals surface area contributed by atoms with E-state index in [1.807, 2.05) is 18.2 Å². The van der Waals surface area contributed by atoms with Gasteiger partial charge in [0.05, 0.1) is 12.5 Å². The molecule has 2 aromatic rings. The van der Waals surface area contributed by atoms with Crippen LogP contribution in [0.1, 0.15) is 6.92 Å². The zero-order valence-corrected chi connectivity index (χ0v) is 8.27. The average Bonchev–Trinajstić information content (AvgIpc) is 2.71. The van der Waals surface area contributed by atoms with Crippen LogP contribution in [0.5, 0.6) is 5.75 Å². The molecule has 0 saturated heterocycles. The Bertz CT molecular complexity index is 440. The largest absolute Gasteiger partial charge is 0.472 e. The van der Waals surface area contributed by atoms with Crippen LogP contribution in [0.25, 0.3) is 11.1 Å². The number of hydrogen-bond donors (Lipinski definition) is 0. The maximum atomic E-state index is 10.7. The molecule has 0 aliphatic carbocycles. The third-order valence-corrected chi connectivity index (χ3v) is 1.97. The van der Waals surface area contributed by atoms with Crippen molar-refractivity contribution in [2.75, 3.05) is 0 Å². The Labute approximate surface area is 87.3 Å². The summed E-state index contributed by atoms with van der Waals surface area (Å²) < 4.78 is 9.90. The number of benzene rings is 1. The molecule has 3 heteroatoms. The predicted molar refractivity (Wildman–Crippen MR) is 55.5 cm³/mol. The van der Waals surface area contributed by atoms with Gasteiger partial charge in [-0.25, -0.2) is 0 Å². The van der Waals surface area contributed by atoms with Gasteiger partial charge >= 0.3 is 5.97 Å². The molecule has 1 aromatic heterocycles. The number of hydrogen-bond acceptors (Lipinski definition) is 3. The summed E-state index contributed by atoms with van der Waals surface area (Å²) in [7, 11) is 0. The summed E-state index contributed by atoms with van der Waals surface area (Å²) in [4.78, 5) is 10.7. The Morgan fingerprint density at radius 2 is 1.87 bits per heavy atom. The van der Waals surface area contributed by atoms with Crippen molar-refractivity contribution in [2.24, 2.45) is 0 Å². The van der Waals surface area contributed by atoms with Crippen LogP contribution in [0.4, 0.5) is 0 Å². The van der Waals surface area contributed by atoms with Crippen molar-refractivity contribution in [3.63, 3.8) is 0 Å². The molecule has 1 aromatic carbocycles. The topological polar surface area (TPSA) is 39.4 Å². The molecule has 15 heavy (non-hydrogen) atoms. The molecule has 0 amide bonds. The monoisotopic (exact) mass is 202 g/mol. The SMILES string of the molecule is CC(=O)Oc1ccc(-c2ccoc2)cc1. The number of esters is 1. The van der Waals surface area contributed by atoms with E-state index in [0.29, 0.717) is 5.75 Å². The summed E-state index contributed by atoms with van der Waals surface area (Å²) in [6.07, 6.45) is 3.29. The molecule has 0 saturated carbocycles. The first kappa shape index (κ1) is 9.52. The van der Waals surface area contributed by atoms with Crippen molar-refractivity contribution in [1.82, 2.24) is 0 Å². The van der Waals surface area contributed by atoms with Gasteiger partial charge in [0.1, 0.15) is 5.75 Å². The number of carbonyl (C=O) groups excluding carboxylic acids is 1. The maximum absolute atomic E-state index is 10.7. The minimum atomic E-state index is -0.314. The van der Waals surface area contributed by atoms with Gasteiger partial charge in [0, 0.05) is 12.5 Å². The first-order chi connectivity index (χ1) is 7.25. The number of furan rings is 1. The van der Waals surface area contributed by atoms with Crippen LogP contribution in [0, 0.1) is 0 Å². The second-order valence-corrected chi connectivity index (χ2v) is 3.13. The van der Waals surface area contributed by atoms with Gasteiger partial charge < -0.3 is 9.15 Å². The van der Waals surface area contributed by atoms with Gasteiger partial charge in [0.15, 0.2) is 0 Å². The summed E-state index contributed by atoms with van der Waals surface area (Å²) in [6.45, 7) is 1.38. The normalized spacial score (nSPS) is 9.93. The first-order valence-corrected chi connectivity index (χ1v) is 4.57. The van der Waals surface area contributed by atoms with Crippen molar-refractivity contribution in [3.8, 4) is 16.9 Å². The summed E-state index contributed by atoms with van der Waals surface area (Å²) >= 11 is 0. The molecular weight excluding hydrogens is 192 g/mol. The summed E-state index contributed by atoms with van der Waals surface area (Å²) in [5, 5.41) is 0. The van der Waals surface area contributed by atoms with Crippen molar-refractivity contribution in [1.29, 1.82) is 0 Å². The lowest BCUT2D eigenvalue weighted by atomic mass is 10.1. The zero-order chi connectivity index (χ0) is 10.7.